The Hall–Kier alpha value is -2.16. The molecule has 2 atom stereocenters. The van der Waals surface area contributed by atoms with Crippen molar-refractivity contribution >= 4 is 17.7 Å². The van der Waals surface area contributed by atoms with E-state index in [1.54, 1.807) is 19.2 Å². The van der Waals surface area contributed by atoms with E-state index in [-0.39, 0.29) is 29.2 Å². The van der Waals surface area contributed by atoms with Gasteiger partial charge in [0.05, 0.1) is 17.9 Å². The number of likely N-dealkylation sites (tertiary alicyclic amines) is 1. The third-order valence-electron chi connectivity index (χ3n) is 6.86. The molecule has 1 heterocycles. The van der Waals surface area contributed by atoms with Gasteiger partial charge in [-0.2, -0.15) is 20.5 Å². The van der Waals surface area contributed by atoms with Crippen LogP contribution in [0.2, 0.25) is 0 Å². The summed E-state index contributed by atoms with van der Waals surface area (Å²) < 4.78 is 36.4. The van der Waals surface area contributed by atoms with Gasteiger partial charge in [-0.15, -0.1) is 0 Å². The fraction of sp³-hybridized carbons (Fsp3) is 0.480. The molecule has 0 aromatic heterocycles. The minimum absolute atomic E-state index is 0.00877. The van der Waals surface area contributed by atoms with Gasteiger partial charge in [-0.1, -0.05) is 42.5 Å². The average molecular weight is 477 g/mol. The fourth-order valence-corrected chi connectivity index (χ4v) is 5.81. The van der Waals surface area contributed by atoms with E-state index >= 15 is 0 Å². The second-order valence-corrected chi connectivity index (χ2v) is 9.51. The molecule has 33 heavy (non-hydrogen) atoms. The quantitative estimate of drug-likeness (QED) is 0.613. The summed E-state index contributed by atoms with van der Waals surface area (Å²) in [7, 11) is 1.72. The van der Waals surface area contributed by atoms with Crippen LogP contribution in [0.25, 0.3) is 0 Å². The SMILES string of the molecule is CO[C@@H]1[C@@H](NC(=O)CSC)c2ccccc2C12CCN(Cc1ccccc1OC(F)F)CC2. The molecule has 2 aromatic rings. The van der Waals surface area contributed by atoms with Crippen LogP contribution in [0.5, 0.6) is 5.75 Å². The molecular formula is C25H30F2N2O3S. The summed E-state index contributed by atoms with van der Waals surface area (Å²) in [5.41, 5.74) is 2.93. The average Bonchev–Trinajstić information content (AvgIpc) is 3.05. The first-order chi connectivity index (χ1) is 16.0. The molecular weight excluding hydrogens is 446 g/mol. The molecule has 8 heteroatoms. The Morgan fingerprint density at radius 1 is 1.18 bits per heavy atom. The highest BCUT2D eigenvalue weighted by atomic mass is 32.2. The standard InChI is InChI=1S/C25H30F2N2O3S/c1-31-23-22(28-21(30)16-33-2)18-8-4-5-9-19(18)25(23)11-13-29(14-12-25)15-17-7-3-6-10-20(17)32-24(26)27/h3-10,22-24H,11-16H2,1-2H3,(H,28,30)/t22-,23+/m0/s1. The molecule has 1 fully saturated rings. The molecule has 5 nitrogen and oxygen atoms in total. The number of nitrogens with zero attached hydrogens (tertiary/aromatic N) is 1. The third kappa shape index (κ3) is 4.88. The molecule has 1 aliphatic heterocycles. The molecule has 1 aliphatic carbocycles. The predicted molar refractivity (Wildman–Crippen MR) is 126 cm³/mol. The lowest BCUT2D eigenvalue weighted by molar-refractivity contribution is -0.121. The number of piperidine rings is 1. The number of halogens is 2. The third-order valence-corrected chi connectivity index (χ3v) is 7.41. The fourth-order valence-electron chi connectivity index (χ4n) is 5.47. The number of ether oxygens (including phenoxy) is 2. The Morgan fingerprint density at radius 3 is 2.58 bits per heavy atom. The zero-order chi connectivity index (χ0) is 23.4. The van der Waals surface area contributed by atoms with E-state index in [0.717, 1.165) is 37.1 Å². The van der Waals surface area contributed by atoms with Crippen molar-refractivity contribution in [3.05, 3.63) is 65.2 Å². The van der Waals surface area contributed by atoms with Crippen LogP contribution in [-0.2, 0) is 21.5 Å². The Bertz CT molecular complexity index is 966. The highest BCUT2D eigenvalue weighted by Crippen LogP contribution is 2.52. The first-order valence-corrected chi connectivity index (χ1v) is 12.5. The van der Waals surface area contributed by atoms with Crippen molar-refractivity contribution in [2.45, 2.75) is 43.6 Å². The molecule has 2 aromatic carbocycles. The number of para-hydroxylation sites is 1. The van der Waals surface area contributed by atoms with Crippen molar-refractivity contribution in [3.8, 4) is 5.75 Å². The molecule has 1 N–H and O–H groups in total. The summed E-state index contributed by atoms with van der Waals surface area (Å²) in [5, 5.41) is 3.20. The van der Waals surface area contributed by atoms with Gasteiger partial charge in [-0.05, 0) is 49.4 Å². The smallest absolute Gasteiger partial charge is 0.387 e. The summed E-state index contributed by atoms with van der Waals surface area (Å²) in [6.45, 7) is -0.705. The molecule has 1 spiro atoms. The topological polar surface area (TPSA) is 50.8 Å². The van der Waals surface area contributed by atoms with Gasteiger partial charge in [0.2, 0.25) is 5.91 Å². The minimum Gasteiger partial charge on any atom is -0.434 e. The van der Waals surface area contributed by atoms with E-state index in [1.807, 2.05) is 30.5 Å². The Kier molecular flexibility index (Phi) is 7.56. The Balaban J connectivity index is 1.53. The number of methoxy groups -OCH3 is 1. The summed E-state index contributed by atoms with van der Waals surface area (Å²) in [6, 6.07) is 15.1. The maximum atomic E-state index is 12.8. The van der Waals surface area contributed by atoms with E-state index < -0.39 is 6.61 Å². The summed E-state index contributed by atoms with van der Waals surface area (Å²) >= 11 is 1.50. The van der Waals surface area contributed by atoms with Crippen LogP contribution >= 0.6 is 11.8 Å². The normalized spacial score (nSPS) is 21.8. The van der Waals surface area contributed by atoms with Gasteiger partial charge < -0.3 is 14.8 Å². The van der Waals surface area contributed by atoms with Gasteiger partial charge in [0.15, 0.2) is 0 Å². The largest absolute Gasteiger partial charge is 0.434 e. The summed E-state index contributed by atoms with van der Waals surface area (Å²) in [4.78, 5) is 14.7. The molecule has 0 bridgehead atoms. The van der Waals surface area contributed by atoms with Crippen LogP contribution in [-0.4, -0.2) is 55.7 Å². The Labute approximate surface area is 197 Å². The van der Waals surface area contributed by atoms with Gasteiger partial charge in [0.1, 0.15) is 5.75 Å². The number of hydrogen-bond acceptors (Lipinski definition) is 5. The first-order valence-electron chi connectivity index (χ1n) is 11.1. The van der Waals surface area contributed by atoms with Gasteiger partial charge in [-0.25, -0.2) is 0 Å². The number of rotatable bonds is 8. The number of hydrogen-bond donors (Lipinski definition) is 1. The number of alkyl halides is 2. The molecule has 2 aliphatic rings. The van der Waals surface area contributed by atoms with E-state index in [1.165, 1.54) is 17.3 Å². The van der Waals surface area contributed by atoms with Crippen molar-refractivity contribution in [1.29, 1.82) is 0 Å². The second-order valence-electron chi connectivity index (χ2n) is 8.64. The van der Waals surface area contributed by atoms with Crippen molar-refractivity contribution in [2.24, 2.45) is 0 Å². The highest BCUT2D eigenvalue weighted by molar-refractivity contribution is 7.99. The van der Waals surface area contributed by atoms with Crippen LogP contribution in [0.1, 0.15) is 35.6 Å². The molecule has 0 radical (unpaired) electrons. The second kappa shape index (κ2) is 10.4. The molecule has 1 amide bonds. The number of benzene rings is 2. The van der Waals surface area contributed by atoms with Crippen LogP contribution < -0.4 is 10.1 Å². The van der Waals surface area contributed by atoms with E-state index in [0.29, 0.717) is 12.3 Å². The van der Waals surface area contributed by atoms with Gasteiger partial charge >= 0.3 is 6.61 Å². The summed E-state index contributed by atoms with van der Waals surface area (Å²) in [5.74, 6) is 0.649. The Morgan fingerprint density at radius 2 is 1.88 bits per heavy atom. The van der Waals surface area contributed by atoms with E-state index in [2.05, 4.69) is 22.3 Å². The van der Waals surface area contributed by atoms with Gasteiger partial charge in [0, 0.05) is 24.6 Å². The number of amides is 1. The highest BCUT2D eigenvalue weighted by Gasteiger charge is 2.53. The number of carbonyl (C=O) groups is 1. The molecule has 178 valence electrons. The van der Waals surface area contributed by atoms with Crippen LogP contribution in [0, 0.1) is 0 Å². The van der Waals surface area contributed by atoms with Crippen molar-refractivity contribution in [2.75, 3.05) is 32.2 Å². The monoisotopic (exact) mass is 476 g/mol. The van der Waals surface area contributed by atoms with E-state index in [9.17, 15) is 13.6 Å². The lowest BCUT2D eigenvalue weighted by Crippen LogP contribution is -2.50. The maximum absolute atomic E-state index is 12.8. The van der Waals surface area contributed by atoms with Crippen molar-refractivity contribution < 1.29 is 23.0 Å². The zero-order valence-electron chi connectivity index (χ0n) is 18.9. The zero-order valence-corrected chi connectivity index (χ0v) is 19.7. The van der Waals surface area contributed by atoms with Crippen molar-refractivity contribution in [1.82, 2.24) is 10.2 Å². The van der Waals surface area contributed by atoms with Crippen LogP contribution in [0.15, 0.2) is 48.5 Å². The van der Waals surface area contributed by atoms with Gasteiger partial charge in [0.25, 0.3) is 0 Å². The summed E-state index contributed by atoms with van der Waals surface area (Å²) in [6.07, 6.45) is 3.47. The van der Waals surface area contributed by atoms with Crippen molar-refractivity contribution in [3.63, 3.8) is 0 Å². The lowest BCUT2D eigenvalue weighted by Gasteiger charge is -2.44. The maximum Gasteiger partial charge on any atom is 0.387 e. The number of carbonyl (C=O) groups excluding carboxylic acids is 1. The molecule has 1 saturated heterocycles. The van der Waals surface area contributed by atoms with Crippen LogP contribution in [0.3, 0.4) is 0 Å². The van der Waals surface area contributed by atoms with Crippen LogP contribution in [0.4, 0.5) is 8.78 Å². The predicted octanol–water partition coefficient (Wildman–Crippen LogP) is 4.37. The first kappa shape index (κ1) is 24.0. The molecule has 4 rings (SSSR count). The molecule has 0 saturated carbocycles. The number of nitrogens with one attached hydrogen (secondary N) is 1. The van der Waals surface area contributed by atoms with E-state index in [4.69, 9.17) is 9.47 Å². The molecule has 0 unspecified atom stereocenters. The lowest BCUT2D eigenvalue weighted by atomic mass is 9.72. The van der Waals surface area contributed by atoms with Gasteiger partial charge in [-0.3, -0.25) is 9.69 Å². The number of fused-ring (bicyclic) bond motifs is 2. The minimum atomic E-state index is -2.84. The number of thioether (sulfide) groups is 1.